The van der Waals surface area contributed by atoms with Crippen LogP contribution in [0.5, 0.6) is 0 Å². The number of rotatable bonds is 44. The van der Waals surface area contributed by atoms with Crippen LogP contribution in [-0.4, -0.2) is 37.2 Å². The van der Waals surface area contributed by atoms with Gasteiger partial charge in [-0.15, -0.1) is 0 Å². The molecule has 0 aliphatic rings. The fraction of sp³-hybridized carbons (Fsp3) is 0.603. The van der Waals surface area contributed by atoms with Gasteiger partial charge in [0.2, 0.25) is 0 Å². The minimum atomic E-state index is -0.789. The highest BCUT2D eigenvalue weighted by molar-refractivity contribution is 5.71. The van der Waals surface area contributed by atoms with Crippen LogP contribution >= 0.6 is 0 Å². The molecule has 0 bridgehead atoms. The molecule has 6 heteroatoms. The van der Waals surface area contributed by atoms with E-state index in [9.17, 15) is 14.4 Å². The van der Waals surface area contributed by atoms with Gasteiger partial charge in [0.15, 0.2) is 6.10 Å². The van der Waals surface area contributed by atoms with Gasteiger partial charge in [-0.1, -0.05) is 213 Å². The van der Waals surface area contributed by atoms with E-state index in [4.69, 9.17) is 14.2 Å². The zero-order valence-electron chi connectivity index (χ0n) is 41.0. The Labute approximate surface area is 392 Å². The van der Waals surface area contributed by atoms with Crippen molar-refractivity contribution in [3.05, 3.63) is 122 Å². The molecule has 0 aromatic carbocycles. The first-order valence-electron chi connectivity index (χ1n) is 25.5. The third kappa shape index (κ3) is 48.8. The van der Waals surface area contributed by atoms with Gasteiger partial charge in [-0.05, 0) is 96.3 Å². The Hall–Kier alpha value is -4.19. The first kappa shape index (κ1) is 59.8. The minimum Gasteiger partial charge on any atom is -0.462 e. The van der Waals surface area contributed by atoms with Gasteiger partial charge in [-0.25, -0.2) is 0 Å². The van der Waals surface area contributed by atoms with E-state index in [1.165, 1.54) is 44.9 Å². The number of esters is 3. The maximum atomic E-state index is 12.6. The Kier molecular flexibility index (Phi) is 48.1. The summed E-state index contributed by atoms with van der Waals surface area (Å²) in [5.74, 6) is -0.967. The number of carbonyl (C=O) groups is 3. The number of allylic oxidation sites excluding steroid dienone is 20. The van der Waals surface area contributed by atoms with Crippen molar-refractivity contribution in [2.75, 3.05) is 13.2 Å². The highest BCUT2D eigenvalue weighted by atomic mass is 16.6. The maximum absolute atomic E-state index is 12.6. The second-order valence-electron chi connectivity index (χ2n) is 16.4. The van der Waals surface area contributed by atoms with Crippen LogP contribution in [0.2, 0.25) is 0 Å². The normalized spacial score (nSPS) is 13.1. The summed E-state index contributed by atoms with van der Waals surface area (Å²) in [7, 11) is 0. The highest BCUT2D eigenvalue weighted by Crippen LogP contribution is 2.12. The van der Waals surface area contributed by atoms with E-state index >= 15 is 0 Å². The lowest BCUT2D eigenvalue weighted by Crippen LogP contribution is -2.30. The van der Waals surface area contributed by atoms with Gasteiger partial charge in [0.1, 0.15) is 13.2 Å². The molecular formula is C58H92O6. The summed E-state index contributed by atoms with van der Waals surface area (Å²) in [6.07, 6.45) is 71.0. The van der Waals surface area contributed by atoms with Gasteiger partial charge in [0.05, 0.1) is 0 Å². The van der Waals surface area contributed by atoms with Gasteiger partial charge in [-0.3, -0.25) is 14.4 Å². The third-order valence-electron chi connectivity index (χ3n) is 10.2. The fourth-order valence-electron chi connectivity index (χ4n) is 6.41. The molecule has 0 aromatic heterocycles. The molecule has 0 aliphatic carbocycles. The molecule has 6 nitrogen and oxygen atoms in total. The number of ether oxygens (including phenoxy) is 3. The van der Waals surface area contributed by atoms with E-state index in [-0.39, 0.29) is 31.1 Å². The van der Waals surface area contributed by atoms with Gasteiger partial charge in [0, 0.05) is 19.3 Å². The third-order valence-corrected chi connectivity index (χ3v) is 10.2. The molecule has 1 atom stereocenters. The second-order valence-corrected chi connectivity index (χ2v) is 16.4. The maximum Gasteiger partial charge on any atom is 0.306 e. The molecular weight excluding hydrogens is 793 g/mol. The zero-order valence-corrected chi connectivity index (χ0v) is 41.0. The van der Waals surface area contributed by atoms with E-state index in [0.717, 1.165) is 122 Å². The topological polar surface area (TPSA) is 78.9 Å². The lowest BCUT2D eigenvalue weighted by atomic mass is 10.1. The summed E-state index contributed by atoms with van der Waals surface area (Å²) < 4.78 is 16.5. The summed E-state index contributed by atoms with van der Waals surface area (Å²) in [4.78, 5) is 37.4. The molecule has 0 aliphatic heterocycles. The van der Waals surface area contributed by atoms with Crippen molar-refractivity contribution in [1.29, 1.82) is 0 Å². The monoisotopic (exact) mass is 885 g/mol. The number of carbonyl (C=O) groups excluding carboxylic acids is 3. The molecule has 0 fully saturated rings. The molecule has 64 heavy (non-hydrogen) atoms. The van der Waals surface area contributed by atoms with Crippen LogP contribution in [-0.2, 0) is 28.6 Å². The Balaban J connectivity index is 4.13. The Bertz CT molecular complexity index is 1390. The van der Waals surface area contributed by atoms with Crippen molar-refractivity contribution < 1.29 is 28.6 Å². The molecule has 0 aromatic rings. The fourth-order valence-corrected chi connectivity index (χ4v) is 6.41. The minimum absolute atomic E-state index is 0.0934. The standard InChI is InChI=1S/C58H92O6/c1-4-7-10-13-16-17-18-19-20-21-22-23-24-25-26-27-28-29-30-31-32-33-34-35-36-37-38-39-40-41-43-45-48-51-57(60)63-54-55(53-62-56(59)50-47-44-15-12-9-6-3)64-58(61)52-49-46-42-14-11-8-5-2/h7,10,16-17,19-20,22-23,25-26,28-29,31-32,34-35,37-38,40-41,55H,4-6,8-9,11-15,18,21,24,27,30,33,36,39,42-54H2,1-3H3/b10-7-,17-16-,20-19-,23-22-,26-25-,29-28-,32-31-,35-34-,38-37-,41-40-. The summed E-state index contributed by atoms with van der Waals surface area (Å²) >= 11 is 0. The first-order valence-corrected chi connectivity index (χ1v) is 25.5. The highest BCUT2D eigenvalue weighted by Gasteiger charge is 2.19. The van der Waals surface area contributed by atoms with Gasteiger partial charge in [-0.2, -0.15) is 0 Å². The van der Waals surface area contributed by atoms with Crippen molar-refractivity contribution in [2.45, 2.75) is 213 Å². The largest absolute Gasteiger partial charge is 0.462 e. The van der Waals surface area contributed by atoms with Crippen LogP contribution in [0.3, 0.4) is 0 Å². The summed E-state index contributed by atoms with van der Waals surface area (Å²) in [6.45, 7) is 6.35. The molecule has 0 heterocycles. The van der Waals surface area contributed by atoms with Crippen LogP contribution in [0.15, 0.2) is 122 Å². The number of hydrogen-bond donors (Lipinski definition) is 0. The predicted octanol–water partition coefficient (Wildman–Crippen LogP) is 16.9. The quantitative estimate of drug-likeness (QED) is 0.0262. The molecule has 0 saturated heterocycles. The summed E-state index contributed by atoms with van der Waals surface area (Å²) in [6, 6.07) is 0. The van der Waals surface area contributed by atoms with Crippen LogP contribution < -0.4 is 0 Å². The smallest absolute Gasteiger partial charge is 0.306 e. The Morgan fingerprint density at radius 1 is 0.328 bits per heavy atom. The van der Waals surface area contributed by atoms with Crippen molar-refractivity contribution >= 4 is 17.9 Å². The van der Waals surface area contributed by atoms with Gasteiger partial charge < -0.3 is 14.2 Å². The van der Waals surface area contributed by atoms with Crippen molar-refractivity contribution in [3.63, 3.8) is 0 Å². The molecule has 0 saturated carbocycles. The predicted molar refractivity (Wildman–Crippen MR) is 274 cm³/mol. The molecule has 0 amide bonds. The van der Waals surface area contributed by atoms with E-state index in [1.54, 1.807) is 0 Å². The Morgan fingerprint density at radius 3 is 0.953 bits per heavy atom. The average molecular weight is 885 g/mol. The Morgan fingerprint density at radius 2 is 0.609 bits per heavy atom. The lowest BCUT2D eigenvalue weighted by molar-refractivity contribution is -0.167. The van der Waals surface area contributed by atoms with Crippen molar-refractivity contribution in [3.8, 4) is 0 Å². The number of hydrogen-bond acceptors (Lipinski definition) is 6. The zero-order chi connectivity index (χ0) is 46.5. The van der Waals surface area contributed by atoms with Gasteiger partial charge in [0.25, 0.3) is 0 Å². The van der Waals surface area contributed by atoms with E-state index < -0.39 is 6.10 Å². The van der Waals surface area contributed by atoms with Crippen molar-refractivity contribution in [2.24, 2.45) is 0 Å². The van der Waals surface area contributed by atoms with E-state index in [1.807, 2.05) is 0 Å². The number of unbranched alkanes of at least 4 members (excludes halogenated alkanes) is 13. The van der Waals surface area contributed by atoms with Crippen LogP contribution in [0.25, 0.3) is 0 Å². The van der Waals surface area contributed by atoms with Crippen LogP contribution in [0.4, 0.5) is 0 Å². The molecule has 360 valence electrons. The molecule has 1 unspecified atom stereocenters. The SMILES string of the molecule is CC/C=C\C/C=C\C/C=C\C/C=C\C/C=C\C/C=C\C/C=C\C/C=C\C/C=C\C/C=C\CCCCC(=O)OCC(COC(=O)CCCCCCCC)OC(=O)CCCCCCCCC. The molecule has 0 N–H and O–H groups in total. The van der Waals surface area contributed by atoms with Crippen LogP contribution in [0, 0.1) is 0 Å². The summed E-state index contributed by atoms with van der Waals surface area (Å²) in [5, 5.41) is 0. The summed E-state index contributed by atoms with van der Waals surface area (Å²) in [5.41, 5.74) is 0. The molecule has 0 rings (SSSR count). The van der Waals surface area contributed by atoms with Crippen molar-refractivity contribution in [1.82, 2.24) is 0 Å². The lowest BCUT2D eigenvalue weighted by Gasteiger charge is -2.18. The molecule has 0 spiro atoms. The second kappa shape index (κ2) is 51.4. The van der Waals surface area contributed by atoms with Gasteiger partial charge >= 0.3 is 17.9 Å². The van der Waals surface area contributed by atoms with Crippen LogP contribution in [0.1, 0.15) is 207 Å². The van der Waals surface area contributed by atoms with E-state index in [2.05, 4.69) is 142 Å². The average Bonchev–Trinajstić information content (AvgIpc) is 3.29. The molecule has 0 radical (unpaired) electrons. The van der Waals surface area contributed by atoms with E-state index in [0.29, 0.717) is 19.3 Å². The first-order chi connectivity index (χ1) is 31.5.